The van der Waals surface area contributed by atoms with Gasteiger partial charge in [-0.1, -0.05) is 18.2 Å². The molecule has 2 amide bonds. The third kappa shape index (κ3) is 4.40. The summed E-state index contributed by atoms with van der Waals surface area (Å²) < 4.78 is 7.40. The lowest BCUT2D eigenvalue weighted by molar-refractivity contribution is -0.134. The van der Waals surface area contributed by atoms with E-state index in [0.29, 0.717) is 49.2 Å². The number of nitrogen functional groups attached to an aromatic ring is 1. The predicted octanol–water partition coefficient (Wildman–Crippen LogP) is 2.98. The molecule has 188 valence electrons. The first-order valence-corrected chi connectivity index (χ1v) is 12.4. The largest absolute Gasteiger partial charge is 0.382 e. The van der Waals surface area contributed by atoms with Gasteiger partial charge in [-0.3, -0.25) is 14.0 Å². The number of hydrogen-bond acceptors (Lipinski definition) is 7. The van der Waals surface area contributed by atoms with Crippen LogP contribution in [0.25, 0.3) is 16.8 Å². The lowest BCUT2D eigenvalue weighted by Gasteiger charge is -2.19. The van der Waals surface area contributed by atoms with Gasteiger partial charge in [-0.2, -0.15) is 0 Å². The van der Waals surface area contributed by atoms with E-state index in [9.17, 15) is 9.59 Å². The molecule has 0 aliphatic carbocycles. The predicted molar refractivity (Wildman–Crippen MR) is 138 cm³/mol. The molecule has 6 rings (SSSR count). The van der Waals surface area contributed by atoms with Crippen LogP contribution in [0.15, 0.2) is 61.1 Å². The zero-order valence-electron chi connectivity index (χ0n) is 20.2. The van der Waals surface area contributed by atoms with Crippen molar-refractivity contribution in [3.63, 3.8) is 0 Å². The van der Waals surface area contributed by atoms with Crippen molar-refractivity contribution in [2.24, 2.45) is 5.92 Å². The van der Waals surface area contributed by atoms with Gasteiger partial charge in [-0.25, -0.2) is 15.0 Å². The van der Waals surface area contributed by atoms with E-state index in [1.54, 1.807) is 36.7 Å². The number of carbonyl (C=O) groups excluding carboxylic acids is 2. The average Bonchev–Trinajstić information content (AvgIpc) is 3.69. The van der Waals surface area contributed by atoms with Gasteiger partial charge in [0.15, 0.2) is 0 Å². The molecule has 3 N–H and O–H groups in total. The van der Waals surface area contributed by atoms with Crippen molar-refractivity contribution in [3.05, 3.63) is 72.4 Å². The van der Waals surface area contributed by atoms with Gasteiger partial charge in [0.25, 0.3) is 5.91 Å². The zero-order valence-corrected chi connectivity index (χ0v) is 20.2. The minimum atomic E-state index is -0.245. The van der Waals surface area contributed by atoms with E-state index in [4.69, 9.17) is 15.5 Å². The molecule has 5 heterocycles. The summed E-state index contributed by atoms with van der Waals surface area (Å²) in [6, 6.07) is 12.6. The number of aromatic nitrogens is 4. The third-order valence-corrected chi connectivity index (χ3v) is 7.08. The number of imidazole rings is 1. The minimum absolute atomic E-state index is 0.0421. The van der Waals surface area contributed by atoms with E-state index in [0.717, 1.165) is 29.7 Å². The van der Waals surface area contributed by atoms with Gasteiger partial charge in [0.05, 0.1) is 12.5 Å². The first-order chi connectivity index (χ1) is 18.1. The second kappa shape index (κ2) is 9.62. The van der Waals surface area contributed by atoms with Gasteiger partial charge in [-0.05, 0) is 37.1 Å². The number of nitrogens with two attached hydrogens (primary N) is 1. The van der Waals surface area contributed by atoms with Crippen molar-refractivity contribution < 1.29 is 14.3 Å². The number of ether oxygens (including phenoxy) is 1. The van der Waals surface area contributed by atoms with E-state index < -0.39 is 0 Å². The van der Waals surface area contributed by atoms with Crippen molar-refractivity contribution >= 4 is 29.0 Å². The van der Waals surface area contributed by atoms with Crippen LogP contribution >= 0.6 is 0 Å². The SMILES string of the molecule is Nc1nccn2c(C3CCN(C(=O)C4CCOC4)C3)nc(-c3ccc(C(=O)Nc4ccccn4)cc3)c12. The topological polar surface area (TPSA) is 128 Å². The van der Waals surface area contributed by atoms with Crippen molar-refractivity contribution in [3.8, 4) is 11.3 Å². The van der Waals surface area contributed by atoms with Gasteiger partial charge in [0, 0.05) is 55.3 Å². The average molecular weight is 498 g/mol. The maximum atomic E-state index is 12.9. The van der Waals surface area contributed by atoms with Crippen LogP contribution in [0.2, 0.25) is 0 Å². The zero-order chi connectivity index (χ0) is 25.4. The smallest absolute Gasteiger partial charge is 0.256 e. The Morgan fingerprint density at radius 2 is 1.92 bits per heavy atom. The van der Waals surface area contributed by atoms with E-state index in [2.05, 4.69) is 15.3 Å². The second-order valence-corrected chi connectivity index (χ2v) is 9.43. The van der Waals surface area contributed by atoms with Crippen LogP contribution in [0.3, 0.4) is 0 Å². The maximum Gasteiger partial charge on any atom is 0.256 e. The van der Waals surface area contributed by atoms with E-state index in [-0.39, 0.29) is 23.7 Å². The van der Waals surface area contributed by atoms with Crippen LogP contribution in [-0.2, 0) is 9.53 Å². The van der Waals surface area contributed by atoms with E-state index in [1.807, 2.05) is 33.7 Å². The Morgan fingerprint density at radius 3 is 2.68 bits per heavy atom. The number of fused-ring (bicyclic) bond motifs is 1. The summed E-state index contributed by atoms with van der Waals surface area (Å²) in [5.41, 5.74) is 9.06. The number of anilines is 2. The quantitative estimate of drug-likeness (QED) is 0.434. The highest BCUT2D eigenvalue weighted by Gasteiger charge is 2.35. The molecule has 0 bridgehead atoms. The fourth-order valence-corrected chi connectivity index (χ4v) is 5.14. The number of amides is 2. The van der Waals surface area contributed by atoms with Crippen LogP contribution in [0.4, 0.5) is 11.6 Å². The molecule has 1 aromatic carbocycles. The van der Waals surface area contributed by atoms with Crippen LogP contribution in [-0.4, -0.2) is 62.4 Å². The molecule has 2 aliphatic rings. The molecule has 3 aromatic heterocycles. The van der Waals surface area contributed by atoms with Gasteiger partial charge in [-0.15, -0.1) is 0 Å². The fraction of sp³-hybridized carbons (Fsp3) is 0.296. The summed E-state index contributed by atoms with van der Waals surface area (Å²) in [5.74, 6) is 1.69. The third-order valence-electron chi connectivity index (χ3n) is 7.08. The maximum absolute atomic E-state index is 12.9. The highest BCUT2D eigenvalue weighted by molar-refractivity contribution is 6.04. The molecule has 2 fully saturated rings. The number of hydrogen-bond donors (Lipinski definition) is 2. The van der Waals surface area contributed by atoms with E-state index >= 15 is 0 Å². The number of likely N-dealkylation sites (tertiary alicyclic amines) is 1. The van der Waals surface area contributed by atoms with Crippen molar-refractivity contribution in [1.29, 1.82) is 0 Å². The summed E-state index contributed by atoms with van der Waals surface area (Å²) in [5, 5.41) is 2.79. The highest BCUT2D eigenvalue weighted by Crippen LogP contribution is 2.34. The Labute approximate surface area is 213 Å². The number of rotatable bonds is 5. The van der Waals surface area contributed by atoms with Crippen LogP contribution in [0.5, 0.6) is 0 Å². The molecule has 10 nitrogen and oxygen atoms in total. The molecule has 2 saturated heterocycles. The molecule has 10 heteroatoms. The summed E-state index contributed by atoms with van der Waals surface area (Å²) in [6.07, 6.45) is 6.76. The van der Waals surface area contributed by atoms with Crippen molar-refractivity contribution in [2.75, 3.05) is 37.4 Å². The summed E-state index contributed by atoms with van der Waals surface area (Å²) in [4.78, 5) is 40.9. The highest BCUT2D eigenvalue weighted by atomic mass is 16.5. The van der Waals surface area contributed by atoms with Crippen LogP contribution < -0.4 is 11.1 Å². The van der Waals surface area contributed by atoms with Gasteiger partial charge in [0.1, 0.15) is 28.7 Å². The molecular formula is C27H27N7O3. The number of nitrogens with one attached hydrogen (secondary N) is 1. The van der Waals surface area contributed by atoms with Crippen LogP contribution in [0.1, 0.15) is 34.9 Å². The van der Waals surface area contributed by atoms with Gasteiger partial charge in [0.2, 0.25) is 5.91 Å². The monoisotopic (exact) mass is 497 g/mol. The molecule has 2 atom stereocenters. The molecule has 0 radical (unpaired) electrons. The molecule has 2 unspecified atom stereocenters. The number of carbonyl (C=O) groups is 2. The molecular weight excluding hydrogens is 470 g/mol. The fourth-order valence-electron chi connectivity index (χ4n) is 5.14. The Balaban J connectivity index is 1.27. The Morgan fingerprint density at radius 1 is 1.05 bits per heavy atom. The Hall–Kier alpha value is -4.31. The lowest BCUT2D eigenvalue weighted by Crippen LogP contribution is -2.34. The summed E-state index contributed by atoms with van der Waals surface area (Å²) in [7, 11) is 0. The van der Waals surface area contributed by atoms with Gasteiger partial charge < -0.3 is 20.7 Å². The van der Waals surface area contributed by atoms with E-state index in [1.165, 1.54) is 0 Å². The molecule has 4 aromatic rings. The van der Waals surface area contributed by atoms with Gasteiger partial charge >= 0.3 is 0 Å². The molecule has 0 spiro atoms. The summed E-state index contributed by atoms with van der Waals surface area (Å²) >= 11 is 0. The Bertz CT molecular complexity index is 1450. The summed E-state index contributed by atoms with van der Waals surface area (Å²) in [6.45, 7) is 2.47. The minimum Gasteiger partial charge on any atom is -0.382 e. The number of pyridine rings is 1. The first-order valence-electron chi connectivity index (χ1n) is 12.4. The lowest BCUT2D eigenvalue weighted by atomic mass is 10.1. The molecule has 37 heavy (non-hydrogen) atoms. The molecule has 0 saturated carbocycles. The normalized spacial score (nSPS) is 19.4. The molecule has 2 aliphatic heterocycles. The Kier molecular flexibility index (Phi) is 6.01. The van der Waals surface area contributed by atoms with Crippen molar-refractivity contribution in [1.82, 2.24) is 24.3 Å². The number of nitrogens with zero attached hydrogens (tertiary/aromatic N) is 5. The second-order valence-electron chi connectivity index (χ2n) is 9.43. The number of benzene rings is 1. The van der Waals surface area contributed by atoms with Crippen molar-refractivity contribution in [2.45, 2.75) is 18.8 Å². The first kappa shape index (κ1) is 23.1. The van der Waals surface area contributed by atoms with Crippen LogP contribution in [0, 0.1) is 5.92 Å². The standard InChI is InChI=1S/C27H27N7O3/c28-24-23-22(17-4-6-18(7-5-17)26(35)31-21-3-1-2-10-29-21)32-25(34(23)13-11-30-24)19-8-12-33(15-19)27(36)20-9-14-37-16-20/h1-7,10-11,13,19-20H,8-9,12,14-16H2,(H2,28,30)(H,29,31,35).